The summed E-state index contributed by atoms with van der Waals surface area (Å²) in [4.78, 5) is 10.7. The second kappa shape index (κ2) is 6.94. The molecule has 3 nitrogen and oxygen atoms in total. The van der Waals surface area contributed by atoms with E-state index in [1.807, 2.05) is 36.4 Å². The molecule has 0 aliphatic rings. The molecule has 0 heterocycles. The van der Waals surface area contributed by atoms with E-state index >= 15 is 0 Å². The van der Waals surface area contributed by atoms with E-state index < -0.39 is 5.97 Å². The summed E-state index contributed by atoms with van der Waals surface area (Å²) in [5.41, 5.74) is 0.934. The SMILES string of the molecule is CCCCOc1cc2ccccc2cc1CCC([O])=O. The molecule has 0 fully saturated rings. The molecule has 105 valence electrons. The Kier molecular flexibility index (Phi) is 4.99. The first-order chi connectivity index (χ1) is 9.70. The first-order valence-corrected chi connectivity index (χ1v) is 7.05. The number of carbonyl (C=O) groups is 1. The van der Waals surface area contributed by atoms with Crippen LogP contribution < -0.4 is 4.74 Å². The van der Waals surface area contributed by atoms with Crippen molar-refractivity contribution < 1.29 is 14.6 Å². The van der Waals surface area contributed by atoms with Gasteiger partial charge in [0.1, 0.15) is 5.75 Å². The van der Waals surface area contributed by atoms with Crippen LogP contribution >= 0.6 is 0 Å². The number of fused-ring (bicyclic) bond motifs is 1. The average molecular weight is 271 g/mol. The molecular formula is C17H19O3. The van der Waals surface area contributed by atoms with E-state index in [0.29, 0.717) is 13.0 Å². The van der Waals surface area contributed by atoms with Crippen LogP contribution in [0, 0.1) is 0 Å². The summed E-state index contributed by atoms with van der Waals surface area (Å²) in [5, 5.41) is 12.9. The maximum atomic E-state index is 10.7. The second-order valence-corrected chi connectivity index (χ2v) is 4.88. The van der Waals surface area contributed by atoms with E-state index in [-0.39, 0.29) is 6.42 Å². The van der Waals surface area contributed by atoms with Crippen molar-refractivity contribution in [2.45, 2.75) is 32.6 Å². The molecule has 2 aromatic carbocycles. The van der Waals surface area contributed by atoms with Gasteiger partial charge >= 0.3 is 5.97 Å². The van der Waals surface area contributed by atoms with Crippen LogP contribution in [0.5, 0.6) is 5.75 Å². The fraction of sp³-hybridized carbons (Fsp3) is 0.353. The third-order valence-electron chi connectivity index (χ3n) is 3.28. The standard InChI is InChI=1S/C17H19O3/c1-2-3-10-20-16-12-14-7-5-4-6-13(14)11-15(16)8-9-17(18)19/h4-7,11-12H,2-3,8-10H2,1H3. The molecule has 0 unspecified atom stereocenters. The number of carbonyl (C=O) groups excluding carboxylic acids is 1. The van der Waals surface area contributed by atoms with E-state index in [2.05, 4.69) is 6.92 Å². The lowest BCUT2D eigenvalue weighted by Crippen LogP contribution is -2.02. The van der Waals surface area contributed by atoms with Crippen LogP contribution in [0.25, 0.3) is 10.8 Å². The molecule has 2 rings (SSSR count). The first kappa shape index (κ1) is 14.4. The van der Waals surface area contributed by atoms with Crippen molar-refractivity contribution in [2.24, 2.45) is 0 Å². The van der Waals surface area contributed by atoms with Gasteiger partial charge in [0, 0.05) is 0 Å². The molecule has 0 aromatic heterocycles. The molecule has 0 aliphatic heterocycles. The number of hydrogen-bond acceptors (Lipinski definition) is 2. The van der Waals surface area contributed by atoms with Crippen LogP contribution in [0.2, 0.25) is 0 Å². The maximum absolute atomic E-state index is 10.7. The minimum Gasteiger partial charge on any atom is -0.493 e. The van der Waals surface area contributed by atoms with Gasteiger partial charge in [-0.1, -0.05) is 37.6 Å². The Bertz CT molecular complexity index is 590. The van der Waals surface area contributed by atoms with Crippen LogP contribution in [0.4, 0.5) is 0 Å². The van der Waals surface area contributed by atoms with Gasteiger partial charge in [0.05, 0.1) is 13.0 Å². The lowest BCUT2D eigenvalue weighted by atomic mass is 10.0. The summed E-state index contributed by atoms with van der Waals surface area (Å²) in [5.74, 6) is -0.240. The Morgan fingerprint density at radius 2 is 1.85 bits per heavy atom. The van der Waals surface area contributed by atoms with E-state index in [1.165, 1.54) is 0 Å². The summed E-state index contributed by atoms with van der Waals surface area (Å²) in [6.07, 6.45) is 2.52. The Morgan fingerprint density at radius 1 is 1.15 bits per heavy atom. The monoisotopic (exact) mass is 271 g/mol. The Morgan fingerprint density at radius 3 is 2.50 bits per heavy atom. The number of benzene rings is 2. The maximum Gasteiger partial charge on any atom is 0.355 e. The quantitative estimate of drug-likeness (QED) is 0.717. The number of ether oxygens (including phenoxy) is 1. The molecule has 2 aromatic rings. The Balaban J connectivity index is 2.28. The van der Waals surface area contributed by atoms with Gasteiger partial charge < -0.3 is 4.74 Å². The third kappa shape index (κ3) is 3.73. The van der Waals surface area contributed by atoms with Crippen molar-refractivity contribution in [3.8, 4) is 5.75 Å². The number of rotatable bonds is 7. The Hall–Kier alpha value is -2.03. The third-order valence-corrected chi connectivity index (χ3v) is 3.28. The molecule has 0 spiro atoms. The summed E-state index contributed by atoms with van der Waals surface area (Å²) in [7, 11) is 0. The molecular weight excluding hydrogens is 252 g/mol. The molecule has 1 radical (unpaired) electrons. The van der Waals surface area contributed by atoms with Crippen LogP contribution in [0.15, 0.2) is 36.4 Å². The normalized spacial score (nSPS) is 10.7. The van der Waals surface area contributed by atoms with Gasteiger partial charge in [-0.25, -0.2) is 9.90 Å². The van der Waals surface area contributed by atoms with Gasteiger partial charge in [-0.2, -0.15) is 0 Å². The van der Waals surface area contributed by atoms with Gasteiger partial charge in [0.15, 0.2) is 0 Å². The van der Waals surface area contributed by atoms with E-state index in [0.717, 1.165) is 34.9 Å². The van der Waals surface area contributed by atoms with Crippen LogP contribution in [0.3, 0.4) is 0 Å². The van der Waals surface area contributed by atoms with Gasteiger partial charge in [-0.05, 0) is 41.3 Å². The zero-order chi connectivity index (χ0) is 14.4. The average Bonchev–Trinajstić information content (AvgIpc) is 2.45. The van der Waals surface area contributed by atoms with Crippen molar-refractivity contribution in [1.82, 2.24) is 0 Å². The summed E-state index contributed by atoms with van der Waals surface area (Å²) < 4.78 is 5.80. The van der Waals surface area contributed by atoms with E-state index in [4.69, 9.17) is 4.74 Å². The number of aryl methyl sites for hydroxylation is 1. The van der Waals surface area contributed by atoms with Gasteiger partial charge in [-0.15, -0.1) is 0 Å². The summed E-state index contributed by atoms with van der Waals surface area (Å²) in [6, 6.07) is 12.0. The molecule has 0 bridgehead atoms. The summed E-state index contributed by atoms with van der Waals surface area (Å²) in [6.45, 7) is 2.77. The van der Waals surface area contributed by atoms with E-state index in [9.17, 15) is 9.90 Å². The molecule has 0 amide bonds. The lowest BCUT2D eigenvalue weighted by molar-refractivity contribution is -0.143. The van der Waals surface area contributed by atoms with Crippen LogP contribution in [0.1, 0.15) is 31.7 Å². The highest BCUT2D eigenvalue weighted by Gasteiger charge is 2.09. The van der Waals surface area contributed by atoms with Gasteiger partial charge in [-0.3, -0.25) is 0 Å². The van der Waals surface area contributed by atoms with Gasteiger partial charge in [0.25, 0.3) is 0 Å². The van der Waals surface area contributed by atoms with E-state index in [1.54, 1.807) is 0 Å². The van der Waals surface area contributed by atoms with Crippen molar-refractivity contribution >= 4 is 16.7 Å². The molecule has 20 heavy (non-hydrogen) atoms. The molecule has 3 heteroatoms. The Labute approximate surface area is 119 Å². The highest BCUT2D eigenvalue weighted by atomic mass is 16.5. The van der Waals surface area contributed by atoms with Crippen LogP contribution in [-0.2, 0) is 16.3 Å². The van der Waals surface area contributed by atoms with Crippen molar-refractivity contribution in [2.75, 3.05) is 6.61 Å². The fourth-order valence-corrected chi connectivity index (χ4v) is 2.16. The largest absolute Gasteiger partial charge is 0.493 e. The van der Waals surface area contributed by atoms with Crippen LogP contribution in [-0.4, -0.2) is 12.6 Å². The molecule has 0 atom stereocenters. The zero-order valence-electron chi connectivity index (χ0n) is 11.7. The highest BCUT2D eigenvalue weighted by Crippen LogP contribution is 2.27. The zero-order valence-corrected chi connectivity index (χ0v) is 11.7. The second-order valence-electron chi connectivity index (χ2n) is 4.88. The predicted molar refractivity (Wildman–Crippen MR) is 78.4 cm³/mol. The van der Waals surface area contributed by atoms with Crippen molar-refractivity contribution in [1.29, 1.82) is 0 Å². The summed E-state index contributed by atoms with van der Waals surface area (Å²) >= 11 is 0. The molecule has 0 saturated heterocycles. The minimum absolute atomic E-state index is 0.0163. The number of unbranched alkanes of at least 4 members (excludes halogenated alkanes) is 1. The predicted octanol–water partition coefficient (Wildman–Crippen LogP) is 3.91. The fourth-order valence-electron chi connectivity index (χ4n) is 2.16. The van der Waals surface area contributed by atoms with Crippen molar-refractivity contribution in [3.05, 3.63) is 42.0 Å². The number of hydrogen-bond donors (Lipinski definition) is 0. The van der Waals surface area contributed by atoms with Crippen molar-refractivity contribution in [3.63, 3.8) is 0 Å². The minimum atomic E-state index is -1.03. The lowest BCUT2D eigenvalue weighted by Gasteiger charge is -2.12. The molecule has 0 aliphatic carbocycles. The smallest absolute Gasteiger partial charge is 0.355 e. The molecule has 0 N–H and O–H groups in total. The topological polar surface area (TPSA) is 46.2 Å². The first-order valence-electron chi connectivity index (χ1n) is 7.05. The molecule has 0 saturated carbocycles. The highest BCUT2D eigenvalue weighted by molar-refractivity contribution is 5.85. The van der Waals surface area contributed by atoms with Gasteiger partial charge in [0.2, 0.25) is 0 Å².